The fourth-order valence-electron chi connectivity index (χ4n) is 1.83. The highest BCUT2D eigenvalue weighted by atomic mass is 32.1. The van der Waals surface area contributed by atoms with Crippen molar-refractivity contribution in [2.75, 3.05) is 6.61 Å². The Bertz CT molecular complexity index is 605. The first-order valence-corrected chi connectivity index (χ1v) is 7.51. The van der Waals surface area contributed by atoms with Crippen molar-refractivity contribution < 1.29 is 14.3 Å². The van der Waals surface area contributed by atoms with Crippen molar-refractivity contribution in [3.05, 3.63) is 52.2 Å². The number of ketones is 1. The molecule has 110 valence electrons. The van der Waals surface area contributed by atoms with Gasteiger partial charge in [0.15, 0.2) is 12.4 Å². The van der Waals surface area contributed by atoms with E-state index in [4.69, 9.17) is 4.74 Å². The Hall–Kier alpha value is -2.14. The van der Waals surface area contributed by atoms with E-state index in [2.05, 4.69) is 5.32 Å². The highest BCUT2D eigenvalue weighted by Crippen LogP contribution is 2.18. The second-order valence-corrected chi connectivity index (χ2v) is 5.65. The SMILES string of the molecule is CC(=O)c1ccc(OCC(=O)NC(C)c2cccs2)cc1. The number of rotatable bonds is 6. The second kappa shape index (κ2) is 7.04. The van der Waals surface area contributed by atoms with Crippen molar-refractivity contribution in [2.24, 2.45) is 0 Å². The summed E-state index contributed by atoms with van der Waals surface area (Å²) < 4.78 is 5.40. The van der Waals surface area contributed by atoms with Crippen LogP contribution in [0.25, 0.3) is 0 Å². The average Bonchev–Trinajstić information content (AvgIpc) is 3.00. The van der Waals surface area contributed by atoms with Crippen molar-refractivity contribution in [3.8, 4) is 5.75 Å². The molecule has 4 nitrogen and oxygen atoms in total. The minimum atomic E-state index is -0.174. The van der Waals surface area contributed by atoms with Gasteiger partial charge in [0.05, 0.1) is 6.04 Å². The number of ether oxygens (including phenoxy) is 1. The molecule has 0 aliphatic carbocycles. The van der Waals surface area contributed by atoms with Crippen molar-refractivity contribution >= 4 is 23.0 Å². The van der Waals surface area contributed by atoms with Crippen LogP contribution in [0.2, 0.25) is 0 Å². The fraction of sp³-hybridized carbons (Fsp3) is 0.250. The predicted molar refractivity (Wildman–Crippen MR) is 82.8 cm³/mol. The van der Waals surface area contributed by atoms with E-state index in [1.807, 2.05) is 24.4 Å². The minimum Gasteiger partial charge on any atom is -0.484 e. The van der Waals surface area contributed by atoms with Crippen LogP contribution < -0.4 is 10.1 Å². The molecule has 1 amide bonds. The molecule has 0 radical (unpaired) electrons. The summed E-state index contributed by atoms with van der Waals surface area (Å²) in [5, 5.41) is 4.85. The molecule has 1 N–H and O–H groups in total. The second-order valence-electron chi connectivity index (χ2n) is 4.67. The molecule has 0 fully saturated rings. The van der Waals surface area contributed by atoms with E-state index in [1.165, 1.54) is 6.92 Å². The standard InChI is InChI=1S/C16H17NO3S/c1-11(15-4-3-9-21-15)17-16(19)10-20-14-7-5-13(6-8-14)12(2)18/h3-9,11H,10H2,1-2H3,(H,17,19). The van der Waals surface area contributed by atoms with Crippen molar-refractivity contribution in [2.45, 2.75) is 19.9 Å². The fourth-order valence-corrected chi connectivity index (χ4v) is 2.56. The molecule has 5 heteroatoms. The molecule has 1 heterocycles. The predicted octanol–water partition coefficient (Wildman–Crippen LogP) is 3.21. The summed E-state index contributed by atoms with van der Waals surface area (Å²) in [6.45, 7) is 3.40. The number of hydrogen-bond donors (Lipinski definition) is 1. The van der Waals surface area contributed by atoms with Gasteiger partial charge in [0.1, 0.15) is 5.75 Å². The number of nitrogens with one attached hydrogen (secondary N) is 1. The maximum absolute atomic E-state index is 11.8. The first-order chi connectivity index (χ1) is 10.1. The van der Waals surface area contributed by atoms with Crippen LogP contribution in [0.15, 0.2) is 41.8 Å². The van der Waals surface area contributed by atoms with Gasteiger partial charge in [-0.15, -0.1) is 11.3 Å². The first-order valence-electron chi connectivity index (χ1n) is 6.63. The van der Waals surface area contributed by atoms with Crippen molar-refractivity contribution in [3.63, 3.8) is 0 Å². The molecule has 2 aromatic rings. The molecule has 0 saturated heterocycles. The number of amides is 1. The number of thiophene rings is 1. The lowest BCUT2D eigenvalue weighted by atomic mass is 10.1. The maximum atomic E-state index is 11.8. The summed E-state index contributed by atoms with van der Waals surface area (Å²) >= 11 is 1.60. The lowest BCUT2D eigenvalue weighted by Gasteiger charge is -2.12. The third kappa shape index (κ3) is 4.43. The lowest BCUT2D eigenvalue weighted by molar-refractivity contribution is -0.123. The zero-order chi connectivity index (χ0) is 15.2. The number of carbonyl (C=O) groups excluding carboxylic acids is 2. The highest BCUT2D eigenvalue weighted by Gasteiger charge is 2.10. The molecule has 0 aliphatic rings. The maximum Gasteiger partial charge on any atom is 0.258 e. The Morgan fingerprint density at radius 1 is 1.24 bits per heavy atom. The average molecular weight is 303 g/mol. The molecule has 0 spiro atoms. The first kappa shape index (κ1) is 15.3. The molecule has 1 aromatic heterocycles. The van der Waals surface area contributed by atoms with Crippen LogP contribution in [0.3, 0.4) is 0 Å². The summed E-state index contributed by atoms with van der Waals surface area (Å²) in [6.07, 6.45) is 0. The monoisotopic (exact) mass is 303 g/mol. The van der Waals surface area contributed by atoms with E-state index in [-0.39, 0.29) is 24.3 Å². The Labute approximate surface area is 127 Å². The van der Waals surface area contributed by atoms with Crippen LogP contribution in [0, 0.1) is 0 Å². The molecular weight excluding hydrogens is 286 g/mol. The Balaban J connectivity index is 1.82. The van der Waals surface area contributed by atoms with Gasteiger partial charge < -0.3 is 10.1 Å². The smallest absolute Gasteiger partial charge is 0.258 e. The van der Waals surface area contributed by atoms with Gasteiger partial charge in [0.2, 0.25) is 0 Å². The van der Waals surface area contributed by atoms with Crippen LogP contribution in [0.4, 0.5) is 0 Å². The summed E-state index contributed by atoms with van der Waals surface area (Å²) in [5.41, 5.74) is 0.623. The van der Waals surface area contributed by atoms with Crippen LogP contribution in [-0.2, 0) is 4.79 Å². The number of carbonyl (C=O) groups is 2. The van der Waals surface area contributed by atoms with E-state index in [9.17, 15) is 9.59 Å². The molecule has 0 aliphatic heterocycles. The third-order valence-electron chi connectivity index (χ3n) is 2.98. The Morgan fingerprint density at radius 2 is 1.95 bits per heavy atom. The summed E-state index contributed by atoms with van der Waals surface area (Å²) in [6, 6.07) is 10.7. The molecule has 0 bridgehead atoms. The molecule has 21 heavy (non-hydrogen) atoms. The summed E-state index contributed by atoms with van der Waals surface area (Å²) in [5.74, 6) is 0.398. The molecule has 0 saturated carbocycles. The van der Waals surface area contributed by atoms with Gasteiger partial charge in [-0.3, -0.25) is 9.59 Å². The van der Waals surface area contributed by atoms with Crippen LogP contribution in [-0.4, -0.2) is 18.3 Å². The normalized spacial score (nSPS) is 11.7. The summed E-state index contributed by atoms with van der Waals surface area (Å²) in [7, 11) is 0. The van der Waals surface area contributed by atoms with Crippen molar-refractivity contribution in [1.82, 2.24) is 5.32 Å². The number of Topliss-reactive ketones (excluding diaryl/α,β-unsaturated/α-hetero) is 1. The molecule has 1 unspecified atom stereocenters. The van der Waals surface area contributed by atoms with Crippen LogP contribution in [0.1, 0.15) is 35.1 Å². The largest absolute Gasteiger partial charge is 0.484 e. The van der Waals surface area contributed by atoms with E-state index >= 15 is 0 Å². The van der Waals surface area contributed by atoms with Crippen LogP contribution in [0.5, 0.6) is 5.75 Å². The Morgan fingerprint density at radius 3 is 2.52 bits per heavy atom. The van der Waals surface area contributed by atoms with Crippen LogP contribution >= 0.6 is 11.3 Å². The van der Waals surface area contributed by atoms with Gasteiger partial charge in [-0.1, -0.05) is 6.07 Å². The highest BCUT2D eigenvalue weighted by molar-refractivity contribution is 7.10. The van der Waals surface area contributed by atoms with Gasteiger partial charge in [0.25, 0.3) is 5.91 Å². The van der Waals surface area contributed by atoms with Gasteiger partial charge in [-0.25, -0.2) is 0 Å². The zero-order valence-corrected chi connectivity index (χ0v) is 12.8. The quantitative estimate of drug-likeness (QED) is 0.834. The Kier molecular flexibility index (Phi) is 5.11. The van der Waals surface area contributed by atoms with E-state index in [1.54, 1.807) is 35.6 Å². The van der Waals surface area contributed by atoms with Gasteiger partial charge in [-0.05, 0) is 49.6 Å². The van der Waals surface area contributed by atoms with E-state index in [0.717, 1.165) is 4.88 Å². The van der Waals surface area contributed by atoms with Gasteiger partial charge in [-0.2, -0.15) is 0 Å². The third-order valence-corrected chi connectivity index (χ3v) is 4.03. The zero-order valence-electron chi connectivity index (χ0n) is 12.0. The molecule has 2 rings (SSSR count). The molecule has 1 atom stereocenters. The molecular formula is C16H17NO3S. The minimum absolute atomic E-state index is 0.00376. The van der Waals surface area contributed by atoms with Gasteiger partial charge in [0, 0.05) is 10.4 Å². The van der Waals surface area contributed by atoms with Crippen molar-refractivity contribution in [1.29, 1.82) is 0 Å². The van der Waals surface area contributed by atoms with E-state index < -0.39 is 0 Å². The van der Waals surface area contributed by atoms with Gasteiger partial charge >= 0.3 is 0 Å². The number of hydrogen-bond acceptors (Lipinski definition) is 4. The topological polar surface area (TPSA) is 55.4 Å². The molecule has 1 aromatic carbocycles. The van der Waals surface area contributed by atoms with E-state index in [0.29, 0.717) is 11.3 Å². The number of benzene rings is 1. The lowest BCUT2D eigenvalue weighted by Crippen LogP contribution is -2.30. The summed E-state index contributed by atoms with van der Waals surface area (Å²) in [4.78, 5) is 24.1.